The van der Waals surface area contributed by atoms with Gasteiger partial charge in [0.2, 0.25) is 5.91 Å². The third kappa shape index (κ3) is 2.48. The zero-order valence-corrected chi connectivity index (χ0v) is 12.0. The fourth-order valence-corrected chi connectivity index (χ4v) is 3.34. The monoisotopic (exact) mass is 289 g/mol. The van der Waals surface area contributed by atoms with E-state index in [9.17, 15) is 14.7 Å². The van der Waals surface area contributed by atoms with Gasteiger partial charge in [-0.15, -0.1) is 0 Å². The van der Waals surface area contributed by atoms with Crippen LogP contribution in [0.4, 0.5) is 0 Å². The second kappa shape index (κ2) is 5.39. The van der Waals surface area contributed by atoms with Crippen LogP contribution in [0.2, 0.25) is 0 Å². The van der Waals surface area contributed by atoms with Crippen molar-refractivity contribution in [2.45, 2.75) is 31.7 Å². The third-order valence-electron chi connectivity index (χ3n) is 4.47. The van der Waals surface area contributed by atoms with Crippen molar-refractivity contribution >= 4 is 11.9 Å². The van der Waals surface area contributed by atoms with Crippen molar-refractivity contribution in [2.75, 3.05) is 13.7 Å². The van der Waals surface area contributed by atoms with Gasteiger partial charge in [-0.1, -0.05) is 6.07 Å². The van der Waals surface area contributed by atoms with Crippen molar-refractivity contribution < 1.29 is 19.4 Å². The maximum atomic E-state index is 12.1. The number of hydrogen-bond acceptors (Lipinski definition) is 3. The molecule has 0 saturated carbocycles. The van der Waals surface area contributed by atoms with Gasteiger partial charge < -0.3 is 14.7 Å². The topological polar surface area (TPSA) is 66.8 Å². The molecular weight excluding hydrogens is 270 g/mol. The standard InChI is InChI=1S/C16H19NO4/c1-17-14(18)4-2-3-12(16(19)20)15(17)11-5-6-13-10(9-11)7-8-21-13/h5-6,9,12,15H,2-4,7-8H2,1H3,(H,19,20). The molecule has 21 heavy (non-hydrogen) atoms. The maximum Gasteiger partial charge on any atom is 0.308 e. The zero-order chi connectivity index (χ0) is 15.0. The van der Waals surface area contributed by atoms with Crippen LogP contribution in [0.1, 0.15) is 36.4 Å². The number of rotatable bonds is 2. The second-order valence-electron chi connectivity index (χ2n) is 5.75. The molecule has 3 rings (SSSR count). The number of benzene rings is 1. The number of fused-ring (bicyclic) bond motifs is 1. The van der Waals surface area contributed by atoms with Gasteiger partial charge in [0.1, 0.15) is 5.75 Å². The minimum Gasteiger partial charge on any atom is -0.493 e. The highest BCUT2D eigenvalue weighted by Gasteiger charge is 2.37. The lowest BCUT2D eigenvalue weighted by atomic mass is 9.88. The lowest BCUT2D eigenvalue weighted by molar-refractivity contribution is -0.145. The number of carbonyl (C=O) groups is 2. The van der Waals surface area contributed by atoms with E-state index >= 15 is 0 Å². The van der Waals surface area contributed by atoms with E-state index in [4.69, 9.17) is 4.74 Å². The Labute approximate surface area is 123 Å². The molecule has 0 aromatic heterocycles. The molecule has 2 aliphatic heterocycles. The highest BCUT2D eigenvalue weighted by molar-refractivity contribution is 5.79. The fourth-order valence-electron chi connectivity index (χ4n) is 3.34. The van der Waals surface area contributed by atoms with Gasteiger partial charge in [-0.2, -0.15) is 0 Å². The molecule has 1 saturated heterocycles. The number of nitrogens with zero attached hydrogens (tertiary/aromatic N) is 1. The van der Waals surface area contributed by atoms with Crippen LogP contribution in [0.25, 0.3) is 0 Å². The number of likely N-dealkylation sites (tertiary alicyclic amines) is 1. The Morgan fingerprint density at radius 3 is 2.95 bits per heavy atom. The van der Waals surface area contributed by atoms with E-state index in [2.05, 4.69) is 0 Å². The number of carbonyl (C=O) groups excluding carboxylic acids is 1. The summed E-state index contributed by atoms with van der Waals surface area (Å²) in [6, 6.07) is 5.38. The van der Waals surface area contributed by atoms with Gasteiger partial charge in [0, 0.05) is 19.9 Å². The highest BCUT2D eigenvalue weighted by atomic mass is 16.5. The first-order valence-corrected chi connectivity index (χ1v) is 7.32. The molecule has 5 nitrogen and oxygen atoms in total. The third-order valence-corrected chi connectivity index (χ3v) is 4.47. The van der Waals surface area contributed by atoms with E-state index in [0.717, 1.165) is 23.3 Å². The second-order valence-corrected chi connectivity index (χ2v) is 5.75. The molecule has 0 aliphatic carbocycles. The predicted molar refractivity (Wildman–Crippen MR) is 76.1 cm³/mol. The van der Waals surface area contributed by atoms with Crippen molar-refractivity contribution in [2.24, 2.45) is 5.92 Å². The molecule has 112 valence electrons. The van der Waals surface area contributed by atoms with Crippen LogP contribution in [0.15, 0.2) is 18.2 Å². The number of hydrogen-bond donors (Lipinski definition) is 1. The van der Waals surface area contributed by atoms with E-state index < -0.39 is 17.9 Å². The van der Waals surface area contributed by atoms with Crippen molar-refractivity contribution in [3.63, 3.8) is 0 Å². The van der Waals surface area contributed by atoms with Gasteiger partial charge in [0.05, 0.1) is 18.6 Å². The van der Waals surface area contributed by atoms with E-state index in [0.29, 0.717) is 25.9 Å². The van der Waals surface area contributed by atoms with Crippen molar-refractivity contribution in [3.05, 3.63) is 29.3 Å². The molecule has 0 bridgehead atoms. The lowest BCUT2D eigenvalue weighted by Gasteiger charge is -2.31. The lowest BCUT2D eigenvalue weighted by Crippen LogP contribution is -2.36. The SMILES string of the molecule is CN1C(=O)CCCC(C(=O)O)C1c1ccc2c(c1)CCO2. The number of ether oxygens (including phenoxy) is 1. The van der Waals surface area contributed by atoms with Crippen LogP contribution in [0.5, 0.6) is 5.75 Å². The number of carboxylic acid groups (broad SMARTS) is 1. The maximum absolute atomic E-state index is 12.1. The molecule has 1 fully saturated rings. The summed E-state index contributed by atoms with van der Waals surface area (Å²) < 4.78 is 5.49. The smallest absolute Gasteiger partial charge is 0.308 e. The summed E-state index contributed by atoms with van der Waals surface area (Å²) in [6.45, 7) is 0.667. The summed E-state index contributed by atoms with van der Waals surface area (Å²) in [5, 5.41) is 9.53. The number of carboxylic acids is 1. The molecule has 1 aromatic carbocycles. The number of amides is 1. The molecule has 1 aromatic rings. The summed E-state index contributed by atoms with van der Waals surface area (Å²) in [7, 11) is 1.71. The Bertz CT molecular complexity index is 584. The van der Waals surface area contributed by atoms with Gasteiger partial charge in [-0.05, 0) is 36.1 Å². The Morgan fingerprint density at radius 2 is 2.19 bits per heavy atom. The summed E-state index contributed by atoms with van der Waals surface area (Å²) in [5.41, 5.74) is 1.99. The fraction of sp³-hybridized carbons (Fsp3) is 0.500. The van der Waals surface area contributed by atoms with E-state index in [1.165, 1.54) is 0 Å². The van der Waals surface area contributed by atoms with Gasteiger partial charge >= 0.3 is 5.97 Å². The zero-order valence-electron chi connectivity index (χ0n) is 12.0. The van der Waals surface area contributed by atoms with Crippen LogP contribution in [0, 0.1) is 5.92 Å². The largest absolute Gasteiger partial charge is 0.493 e. The average molecular weight is 289 g/mol. The van der Waals surface area contributed by atoms with Gasteiger partial charge in [0.25, 0.3) is 0 Å². The molecule has 2 unspecified atom stereocenters. The van der Waals surface area contributed by atoms with E-state index in [1.54, 1.807) is 11.9 Å². The quantitative estimate of drug-likeness (QED) is 0.904. The molecule has 1 N–H and O–H groups in total. The Balaban J connectivity index is 2.01. The first-order chi connectivity index (χ1) is 10.1. The van der Waals surface area contributed by atoms with Gasteiger partial charge in [0.15, 0.2) is 0 Å². The van der Waals surface area contributed by atoms with Gasteiger partial charge in [-0.3, -0.25) is 9.59 Å². The molecule has 2 heterocycles. The van der Waals surface area contributed by atoms with Crippen molar-refractivity contribution in [3.8, 4) is 5.75 Å². The molecule has 2 atom stereocenters. The Kier molecular flexibility index (Phi) is 3.57. The first-order valence-electron chi connectivity index (χ1n) is 7.32. The highest BCUT2D eigenvalue weighted by Crippen LogP contribution is 2.37. The summed E-state index contributed by atoms with van der Waals surface area (Å²) in [5.74, 6) is -0.506. The van der Waals surface area contributed by atoms with Crippen molar-refractivity contribution in [1.29, 1.82) is 0 Å². The summed E-state index contributed by atoms with van der Waals surface area (Å²) >= 11 is 0. The summed E-state index contributed by atoms with van der Waals surface area (Å²) in [6.07, 6.45) is 2.42. The predicted octanol–water partition coefficient (Wildman–Crippen LogP) is 2.01. The minimum absolute atomic E-state index is 0.0144. The molecule has 0 radical (unpaired) electrons. The van der Waals surface area contributed by atoms with Crippen LogP contribution >= 0.6 is 0 Å². The number of aliphatic carboxylic acids is 1. The van der Waals surface area contributed by atoms with Gasteiger partial charge in [-0.25, -0.2) is 0 Å². The Morgan fingerprint density at radius 1 is 1.38 bits per heavy atom. The Hall–Kier alpha value is -2.04. The molecule has 0 spiro atoms. The summed E-state index contributed by atoms with van der Waals surface area (Å²) in [4.78, 5) is 25.3. The molecular formula is C16H19NO4. The first kappa shape index (κ1) is 13.9. The molecule has 2 aliphatic rings. The van der Waals surface area contributed by atoms with Crippen molar-refractivity contribution in [1.82, 2.24) is 4.90 Å². The normalized spacial score (nSPS) is 25.2. The van der Waals surface area contributed by atoms with Crippen LogP contribution in [-0.2, 0) is 16.0 Å². The van der Waals surface area contributed by atoms with E-state index in [-0.39, 0.29) is 5.91 Å². The molecule has 5 heteroatoms. The minimum atomic E-state index is -0.835. The molecule has 1 amide bonds. The van der Waals surface area contributed by atoms with E-state index in [1.807, 2.05) is 18.2 Å². The van der Waals surface area contributed by atoms with Crippen LogP contribution in [0.3, 0.4) is 0 Å². The average Bonchev–Trinajstić information content (AvgIpc) is 2.87. The van der Waals surface area contributed by atoms with Crippen LogP contribution < -0.4 is 4.74 Å². The van der Waals surface area contributed by atoms with Crippen LogP contribution in [-0.4, -0.2) is 35.5 Å².